The summed E-state index contributed by atoms with van der Waals surface area (Å²) in [4.78, 5) is 12.0. The fourth-order valence-corrected chi connectivity index (χ4v) is 2.01. The number of ether oxygens (including phenoxy) is 1. The Bertz CT molecular complexity index is 353. The molecule has 0 bridgehead atoms. The molecule has 0 aromatic carbocycles. The summed E-state index contributed by atoms with van der Waals surface area (Å²) in [6.45, 7) is 1.74. The maximum Gasteiger partial charge on any atom is 0.202 e. The van der Waals surface area contributed by atoms with Gasteiger partial charge in [0.05, 0.1) is 19.3 Å². The molecule has 1 saturated heterocycles. The van der Waals surface area contributed by atoms with Crippen LogP contribution in [0, 0.1) is 0 Å². The van der Waals surface area contributed by atoms with Crippen LogP contribution in [0.5, 0.6) is 0 Å². The Hall–Kier alpha value is -0.790. The SMILES string of the molecule is Cn1nnc(Br)c1C(=O)C1COCCN1. The zero-order chi connectivity index (χ0) is 10.8. The number of Topliss-reactive ketones (excluding diaryl/α,β-unsaturated/α-hetero) is 1. The van der Waals surface area contributed by atoms with E-state index in [9.17, 15) is 4.79 Å². The molecule has 0 radical (unpaired) electrons. The Morgan fingerprint density at radius 1 is 1.73 bits per heavy atom. The van der Waals surface area contributed by atoms with Crippen LogP contribution < -0.4 is 5.32 Å². The van der Waals surface area contributed by atoms with Gasteiger partial charge in [0, 0.05) is 13.6 Å². The number of nitrogens with zero attached hydrogens (tertiary/aromatic N) is 3. The lowest BCUT2D eigenvalue weighted by Crippen LogP contribution is -2.47. The van der Waals surface area contributed by atoms with Crippen LogP contribution in [0.25, 0.3) is 0 Å². The zero-order valence-corrected chi connectivity index (χ0v) is 9.82. The second kappa shape index (κ2) is 4.38. The fourth-order valence-electron chi connectivity index (χ4n) is 1.49. The van der Waals surface area contributed by atoms with Gasteiger partial charge < -0.3 is 10.1 Å². The van der Waals surface area contributed by atoms with Crippen LogP contribution in [-0.2, 0) is 11.8 Å². The number of nitrogens with one attached hydrogen (secondary N) is 1. The van der Waals surface area contributed by atoms with E-state index in [1.54, 1.807) is 7.05 Å². The van der Waals surface area contributed by atoms with Crippen LogP contribution in [0.2, 0.25) is 0 Å². The van der Waals surface area contributed by atoms with Gasteiger partial charge in [0.1, 0.15) is 5.69 Å². The molecule has 0 amide bonds. The van der Waals surface area contributed by atoms with Crippen LogP contribution in [-0.4, -0.2) is 46.6 Å². The monoisotopic (exact) mass is 274 g/mol. The lowest BCUT2D eigenvalue weighted by Gasteiger charge is -2.22. The molecule has 15 heavy (non-hydrogen) atoms. The molecular formula is C8H11BrN4O2. The van der Waals surface area contributed by atoms with Gasteiger partial charge in [-0.15, -0.1) is 5.10 Å². The lowest BCUT2D eigenvalue weighted by atomic mass is 10.1. The first kappa shape index (κ1) is 10.7. The molecule has 2 heterocycles. The van der Waals surface area contributed by atoms with Crippen LogP contribution in [0.4, 0.5) is 0 Å². The van der Waals surface area contributed by atoms with E-state index < -0.39 is 0 Å². The van der Waals surface area contributed by atoms with Crippen molar-refractivity contribution < 1.29 is 9.53 Å². The molecule has 1 aliphatic heterocycles. The molecule has 1 aromatic rings. The molecule has 7 heteroatoms. The van der Waals surface area contributed by atoms with Crippen LogP contribution in [0.3, 0.4) is 0 Å². The van der Waals surface area contributed by atoms with Gasteiger partial charge in [0.2, 0.25) is 5.78 Å². The molecule has 1 N–H and O–H groups in total. The average molecular weight is 275 g/mol. The van der Waals surface area contributed by atoms with Crippen LogP contribution in [0.1, 0.15) is 10.5 Å². The van der Waals surface area contributed by atoms with Gasteiger partial charge in [-0.3, -0.25) is 4.79 Å². The van der Waals surface area contributed by atoms with E-state index >= 15 is 0 Å². The molecule has 1 atom stereocenters. The van der Waals surface area contributed by atoms with Crippen molar-refractivity contribution in [2.75, 3.05) is 19.8 Å². The van der Waals surface area contributed by atoms with Gasteiger partial charge in [-0.05, 0) is 15.9 Å². The first-order valence-corrected chi connectivity index (χ1v) is 5.40. The van der Waals surface area contributed by atoms with E-state index in [1.807, 2.05) is 0 Å². The minimum absolute atomic E-state index is 0.0472. The normalized spacial score (nSPS) is 21.6. The molecule has 6 nitrogen and oxygen atoms in total. The van der Waals surface area contributed by atoms with Gasteiger partial charge in [0.15, 0.2) is 4.60 Å². The molecule has 82 valence electrons. The van der Waals surface area contributed by atoms with Crippen LogP contribution >= 0.6 is 15.9 Å². The fraction of sp³-hybridized carbons (Fsp3) is 0.625. The van der Waals surface area contributed by atoms with Gasteiger partial charge in [-0.1, -0.05) is 5.21 Å². The van der Waals surface area contributed by atoms with E-state index in [-0.39, 0.29) is 11.8 Å². The third-order valence-corrected chi connectivity index (χ3v) is 2.79. The number of rotatable bonds is 2. The average Bonchev–Trinajstić information content (AvgIpc) is 2.59. The second-order valence-electron chi connectivity index (χ2n) is 3.30. The highest BCUT2D eigenvalue weighted by Gasteiger charge is 2.27. The summed E-state index contributed by atoms with van der Waals surface area (Å²) in [5.41, 5.74) is 0.470. The summed E-state index contributed by atoms with van der Waals surface area (Å²) in [6, 6.07) is -0.299. The number of hydrogen-bond acceptors (Lipinski definition) is 5. The predicted molar refractivity (Wildman–Crippen MR) is 55.6 cm³/mol. The van der Waals surface area contributed by atoms with Gasteiger partial charge in [-0.2, -0.15) is 0 Å². The first-order valence-electron chi connectivity index (χ1n) is 4.60. The van der Waals surface area contributed by atoms with Crippen molar-refractivity contribution in [3.63, 3.8) is 0 Å². The molecule has 1 aliphatic rings. The van der Waals surface area contributed by atoms with Crippen molar-refractivity contribution in [1.82, 2.24) is 20.3 Å². The van der Waals surface area contributed by atoms with E-state index in [1.165, 1.54) is 4.68 Å². The van der Waals surface area contributed by atoms with Gasteiger partial charge in [0.25, 0.3) is 0 Å². The number of hydrogen-bond donors (Lipinski definition) is 1. The Morgan fingerprint density at radius 3 is 3.07 bits per heavy atom. The zero-order valence-electron chi connectivity index (χ0n) is 8.23. The largest absolute Gasteiger partial charge is 0.378 e. The van der Waals surface area contributed by atoms with E-state index in [4.69, 9.17) is 4.74 Å². The molecule has 2 rings (SSSR count). The van der Waals surface area contributed by atoms with E-state index in [2.05, 4.69) is 31.6 Å². The minimum atomic E-state index is -0.299. The number of ketones is 1. The molecule has 0 saturated carbocycles. The summed E-state index contributed by atoms with van der Waals surface area (Å²) < 4.78 is 7.17. The number of carbonyl (C=O) groups is 1. The molecule has 1 aromatic heterocycles. The maximum atomic E-state index is 12.0. The standard InChI is InChI=1S/C8H11BrN4O2/c1-13-6(8(9)11-12-13)7(14)5-4-15-3-2-10-5/h5,10H,2-4H2,1H3. The van der Waals surface area contributed by atoms with E-state index in [0.29, 0.717) is 30.1 Å². The van der Waals surface area contributed by atoms with Crippen molar-refractivity contribution >= 4 is 21.7 Å². The Balaban J connectivity index is 2.19. The van der Waals surface area contributed by atoms with Crippen molar-refractivity contribution in [3.8, 4) is 0 Å². The molecule has 0 spiro atoms. The van der Waals surface area contributed by atoms with Gasteiger partial charge in [-0.25, -0.2) is 4.68 Å². The summed E-state index contributed by atoms with van der Waals surface area (Å²) in [7, 11) is 1.69. The predicted octanol–water partition coefficient (Wildman–Crippen LogP) is -0.251. The topological polar surface area (TPSA) is 69.0 Å². The lowest BCUT2D eigenvalue weighted by molar-refractivity contribution is 0.0600. The summed E-state index contributed by atoms with van der Waals surface area (Å²) in [6.07, 6.45) is 0. The highest BCUT2D eigenvalue weighted by atomic mass is 79.9. The van der Waals surface area contributed by atoms with Crippen LogP contribution in [0.15, 0.2) is 4.60 Å². The number of aryl methyl sites for hydroxylation is 1. The van der Waals surface area contributed by atoms with Crippen molar-refractivity contribution in [1.29, 1.82) is 0 Å². The minimum Gasteiger partial charge on any atom is -0.378 e. The number of aromatic nitrogens is 3. The molecular weight excluding hydrogens is 264 g/mol. The first-order chi connectivity index (χ1) is 7.20. The highest BCUT2D eigenvalue weighted by Crippen LogP contribution is 2.14. The number of carbonyl (C=O) groups excluding carboxylic acids is 1. The molecule has 0 aliphatic carbocycles. The Kier molecular flexibility index (Phi) is 3.13. The Labute approximate surface area is 95.1 Å². The third kappa shape index (κ3) is 2.09. The van der Waals surface area contributed by atoms with E-state index in [0.717, 1.165) is 0 Å². The smallest absolute Gasteiger partial charge is 0.202 e. The maximum absolute atomic E-state index is 12.0. The quantitative estimate of drug-likeness (QED) is 0.754. The second-order valence-corrected chi connectivity index (χ2v) is 4.05. The highest BCUT2D eigenvalue weighted by molar-refractivity contribution is 9.10. The number of morpholine rings is 1. The molecule has 1 fully saturated rings. The summed E-state index contributed by atoms with van der Waals surface area (Å²) in [5.74, 6) is -0.0472. The van der Waals surface area contributed by atoms with Crippen molar-refractivity contribution in [2.45, 2.75) is 6.04 Å². The Morgan fingerprint density at radius 2 is 2.53 bits per heavy atom. The van der Waals surface area contributed by atoms with Crippen molar-refractivity contribution in [3.05, 3.63) is 10.3 Å². The van der Waals surface area contributed by atoms with Gasteiger partial charge >= 0.3 is 0 Å². The summed E-state index contributed by atoms with van der Waals surface area (Å²) in [5, 5.41) is 10.6. The summed E-state index contributed by atoms with van der Waals surface area (Å²) >= 11 is 3.20. The number of halogens is 1. The third-order valence-electron chi connectivity index (χ3n) is 2.26. The van der Waals surface area contributed by atoms with Crippen molar-refractivity contribution in [2.24, 2.45) is 7.05 Å². The molecule has 1 unspecified atom stereocenters.